The van der Waals surface area contributed by atoms with Crippen molar-refractivity contribution in [3.05, 3.63) is 65.5 Å². The summed E-state index contributed by atoms with van der Waals surface area (Å²) in [5.74, 6) is 2.92. The fourth-order valence-corrected chi connectivity index (χ4v) is 8.30. The van der Waals surface area contributed by atoms with Crippen LogP contribution in [0.3, 0.4) is 0 Å². The van der Waals surface area contributed by atoms with Crippen molar-refractivity contribution in [1.29, 1.82) is 0 Å². The molecule has 0 radical (unpaired) electrons. The SMILES string of the molecule is C[C@@H]1CCC[C@@]2(C)C[C@H]3OC(=O)[C@@H](CN4CC[C@H](c5ccc(F)cc5)[C@H](COc5ccc6c(c5)OCO6)C4)[C@@H]3C=C12. The van der Waals surface area contributed by atoms with Gasteiger partial charge in [0.15, 0.2) is 11.5 Å². The summed E-state index contributed by atoms with van der Waals surface area (Å²) >= 11 is 0. The molecule has 2 aromatic rings. The maximum atomic E-state index is 13.7. The summed E-state index contributed by atoms with van der Waals surface area (Å²) in [7, 11) is 0. The molecule has 2 aromatic carbocycles. The highest BCUT2D eigenvalue weighted by atomic mass is 19.1. The Morgan fingerprint density at radius 1 is 1.10 bits per heavy atom. The summed E-state index contributed by atoms with van der Waals surface area (Å²) in [6.45, 7) is 7.85. The molecular weight excluding hydrogens is 521 g/mol. The van der Waals surface area contributed by atoms with Crippen LogP contribution in [0.1, 0.15) is 57.4 Å². The molecule has 0 spiro atoms. The van der Waals surface area contributed by atoms with Gasteiger partial charge in [0.2, 0.25) is 6.79 Å². The minimum absolute atomic E-state index is 0.00607. The van der Waals surface area contributed by atoms with Crippen molar-refractivity contribution in [2.45, 2.75) is 58.0 Å². The number of nitrogens with zero attached hydrogens (tertiary/aromatic N) is 1. The third-order valence-corrected chi connectivity index (χ3v) is 10.5. The average Bonchev–Trinajstić information content (AvgIpc) is 3.54. The summed E-state index contributed by atoms with van der Waals surface area (Å²) in [6, 6.07) is 12.6. The molecule has 2 saturated heterocycles. The van der Waals surface area contributed by atoms with Crippen molar-refractivity contribution < 1.29 is 28.1 Å². The van der Waals surface area contributed by atoms with Gasteiger partial charge in [0.1, 0.15) is 17.7 Å². The van der Waals surface area contributed by atoms with E-state index < -0.39 is 0 Å². The summed E-state index contributed by atoms with van der Waals surface area (Å²) in [5.41, 5.74) is 2.85. The number of halogens is 1. The zero-order valence-corrected chi connectivity index (χ0v) is 24.0. The lowest BCUT2D eigenvalue weighted by Crippen LogP contribution is -2.46. The smallest absolute Gasteiger partial charge is 0.311 e. The molecule has 0 unspecified atom stereocenters. The summed E-state index contributed by atoms with van der Waals surface area (Å²) in [5, 5.41) is 0. The van der Waals surface area contributed by atoms with Crippen LogP contribution in [-0.2, 0) is 9.53 Å². The number of hydrogen-bond donors (Lipinski definition) is 0. The van der Waals surface area contributed by atoms with E-state index >= 15 is 0 Å². The number of allylic oxidation sites excluding steroid dienone is 1. The molecule has 3 aliphatic heterocycles. The third-order valence-electron chi connectivity index (χ3n) is 10.5. The number of hydrogen-bond acceptors (Lipinski definition) is 6. The number of ether oxygens (including phenoxy) is 4. The molecule has 1 saturated carbocycles. The second kappa shape index (κ2) is 10.6. The van der Waals surface area contributed by atoms with E-state index in [0.29, 0.717) is 24.8 Å². The van der Waals surface area contributed by atoms with Crippen molar-refractivity contribution in [3.63, 3.8) is 0 Å². The molecule has 0 bridgehead atoms. The number of piperidine rings is 1. The molecule has 0 aromatic heterocycles. The Kier molecular flexibility index (Phi) is 6.96. The first-order valence-electron chi connectivity index (χ1n) is 15.3. The largest absolute Gasteiger partial charge is 0.493 e. The first kappa shape index (κ1) is 26.8. The normalized spacial score (nSPS) is 34.4. The van der Waals surface area contributed by atoms with E-state index in [1.54, 1.807) is 17.7 Å². The van der Waals surface area contributed by atoms with Crippen molar-refractivity contribution in [2.75, 3.05) is 33.0 Å². The molecule has 41 heavy (non-hydrogen) atoms. The van der Waals surface area contributed by atoms with Gasteiger partial charge in [0.05, 0.1) is 12.5 Å². The van der Waals surface area contributed by atoms with Crippen molar-refractivity contribution >= 4 is 5.97 Å². The third kappa shape index (κ3) is 5.11. The number of carbonyl (C=O) groups excluding carboxylic acids is 1. The summed E-state index contributed by atoms with van der Waals surface area (Å²) < 4.78 is 37.1. The van der Waals surface area contributed by atoms with E-state index in [4.69, 9.17) is 18.9 Å². The lowest BCUT2D eigenvalue weighted by Gasteiger charge is -2.46. The van der Waals surface area contributed by atoms with Crippen LogP contribution in [0.5, 0.6) is 17.2 Å². The molecule has 218 valence electrons. The van der Waals surface area contributed by atoms with E-state index in [2.05, 4.69) is 24.8 Å². The number of carbonyl (C=O) groups is 1. The van der Waals surface area contributed by atoms with Crippen LogP contribution < -0.4 is 14.2 Å². The Morgan fingerprint density at radius 3 is 2.78 bits per heavy atom. The molecule has 0 N–H and O–H groups in total. The van der Waals surface area contributed by atoms with Gasteiger partial charge in [-0.2, -0.15) is 0 Å². The Balaban J connectivity index is 1.08. The van der Waals surface area contributed by atoms with Crippen LogP contribution in [0.25, 0.3) is 0 Å². The zero-order valence-electron chi connectivity index (χ0n) is 24.0. The quantitative estimate of drug-likeness (QED) is 0.303. The highest BCUT2D eigenvalue weighted by Gasteiger charge is 2.52. The van der Waals surface area contributed by atoms with Crippen LogP contribution in [0.2, 0.25) is 0 Å². The predicted octanol–water partition coefficient (Wildman–Crippen LogP) is 6.35. The van der Waals surface area contributed by atoms with Gasteiger partial charge in [-0.25, -0.2) is 4.39 Å². The standard InChI is InChI=1S/C34H40FNO5/c1-21-4-3-12-34(2)16-32-27(15-29(21)34)28(33(37)41-32)18-36-13-11-26(22-5-7-24(35)8-6-22)23(17-36)19-38-25-9-10-30-31(14-25)40-20-39-30/h5-10,14-15,21,23,26-28,32H,3-4,11-13,16-20H2,1-2H3/t21-,23+,26-,27+,28+,32-,34+/m1/s1. The number of fused-ring (bicyclic) bond motifs is 3. The summed E-state index contributed by atoms with van der Waals surface area (Å²) in [6.07, 6.45) is 7.99. The van der Waals surface area contributed by atoms with Gasteiger partial charge in [0.25, 0.3) is 0 Å². The van der Waals surface area contributed by atoms with Gasteiger partial charge in [-0.3, -0.25) is 4.79 Å². The molecule has 0 amide bonds. The number of benzene rings is 2. The van der Waals surface area contributed by atoms with E-state index in [9.17, 15) is 9.18 Å². The molecule has 3 heterocycles. The predicted molar refractivity (Wildman–Crippen MR) is 152 cm³/mol. The van der Waals surface area contributed by atoms with Crippen LogP contribution in [0.4, 0.5) is 4.39 Å². The van der Waals surface area contributed by atoms with Crippen molar-refractivity contribution in [1.82, 2.24) is 4.90 Å². The first-order valence-corrected chi connectivity index (χ1v) is 15.3. The minimum atomic E-state index is -0.223. The molecular formula is C34H40FNO5. The van der Waals surface area contributed by atoms with Gasteiger partial charge in [0, 0.05) is 31.0 Å². The molecule has 2 aliphatic carbocycles. The zero-order chi connectivity index (χ0) is 28.1. The second-order valence-corrected chi connectivity index (χ2v) is 13.1. The van der Waals surface area contributed by atoms with E-state index in [-0.39, 0.29) is 53.8 Å². The molecule has 7 rings (SSSR count). The maximum absolute atomic E-state index is 13.7. The number of likely N-dealkylation sites (tertiary alicyclic amines) is 1. The summed E-state index contributed by atoms with van der Waals surface area (Å²) in [4.78, 5) is 15.7. The Bertz CT molecular complexity index is 1330. The van der Waals surface area contributed by atoms with Crippen LogP contribution >= 0.6 is 0 Å². The van der Waals surface area contributed by atoms with Gasteiger partial charge in [-0.15, -0.1) is 0 Å². The lowest BCUT2D eigenvalue weighted by molar-refractivity contribution is -0.145. The lowest BCUT2D eigenvalue weighted by atomic mass is 9.59. The maximum Gasteiger partial charge on any atom is 0.311 e. The average molecular weight is 562 g/mol. The highest BCUT2D eigenvalue weighted by molar-refractivity contribution is 5.76. The van der Waals surface area contributed by atoms with Crippen LogP contribution in [0.15, 0.2) is 54.1 Å². The molecule has 5 aliphatic rings. The fraction of sp³-hybridized carbons (Fsp3) is 0.559. The molecule has 7 heteroatoms. The molecule has 6 nitrogen and oxygen atoms in total. The van der Waals surface area contributed by atoms with Crippen molar-refractivity contribution in [2.24, 2.45) is 29.1 Å². The Hall–Kier alpha value is -3.06. The molecule has 3 fully saturated rings. The van der Waals surface area contributed by atoms with Gasteiger partial charge < -0.3 is 23.8 Å². The van der Waals surface area contributed by atoms with E-state index in [1.165, 1.54) is 19.3 Å². The van der Waals surface area contributed by atoms with Crippen LogP contribution in [-0.4, -0.2) is 50.0 Å². The highest BCUT2D eigenvalue weighted by Crippen LogP contribution is 2.54. The van der Waals surface area contributed by atoms with Gasteiger partial charge >= 0.3 is 5.97 Å². The number of rotatable bonds is 6. The topological polar surface area (TPSA) is 57.2 Å². The van der Waals surface area contributed by atoms with E-state index in [1.807, 2.05) is 30.3 Å². The van der Waals surface area contributed by atoms with Gasteiger partial charge in [-0.05, 0) is 79.3 Å². The van der Waals surface area contributed by atoms with Crippen LogP contribution in [0, 0.1) is 34.9 Å². The Morgan fingerprint density at radius 2 is 1.93 bits per heavy atom. The first-order chi connectivity index (χ1) is 19.9. The van der Waals surface area contributed by atoms with E-state index in [0.717, 1.165) is 43.0 Å². The van der Waals surface area contributed by atoms with Crippen molar-refractivity contribution in [3.8, 4) is 17.2 Å². The molecule has 7 atom stereocenters. The second-order valence-electron chi connectivity index (χ2n) is 13.1. The monoisotopic (exact) mass is 561 g/mol. The Labute approximate surface area is 241 Å². The van der Waals surface area contributed by atoms with Gasteiger partial charge in [-0.1, -0.05) is 44.1 Å². The minimum Gasteiger partial charge on any atom is -0.493 e. The number of esters is 1. The fourth-order valence-electron chi connectivity index (χ4n) is 8.30.